The van der Waals surface area contributed by atoms with Gasteiger partial charge in [0.05, 0.1) is 13.0 Å². The summed E-state index contributed by atoms with van der Waals surface area (Å²) in [5, 5.41) is 3.00. The van der Waals surface area contributed by atoms with Gasteiger partial charge in [-0.25, -0.2) is 0 Å². The van der Waals surface area contributed by atoms with Gasteiger partial charge in [-0.05, 0) is 36.2 Å². The number of para-hydroxylation sites is 1. The summed E-state index contributed by atoms with van der Waals surface area (Å²) in [6.07, 6.45) is 1.47. The molecule has 0 aromatic heterocycles. The molecule has 2 aromatic carbocycles. The number of benzene rings is 2. The fraction of sp³-hybridized carbons (Fsp3) is 0.444. The van der Waals surface area contributed by atoms with Gasteiger partial charge < -0.3 is 19.9 Å². The van der Waals surface area contributed by atoms with Crippen molar-refractivity contribution in [3.63, 3.8) is 0 Å². The number of hydrogen-bond donors (Lipinski definition) is 1. The van der Waals surface area contributed by atoms with E-state index < -0.39 is 0 Å². The quantitative estimate of drug-likeness (QED) is 0.596. The van der Waals surface area contributed by atoms with Gasteiger partial charge in [-0.1, -0.05) is 30.3 Å². The normalized spacial score (nSPS) is 18.5. The van der Waals surface area contributed by atoms with E-state index in [1.807, 2.05) is 59.5 Å². The number of carbonyl (C=O) groups is 3. The molecule has 0 bridgehead atoms. The summed E-state index contributed by atoms with van der Waals surface area (Å²) in [4.78, 5) is 43.4. The molecular weight excluding hydrogens is 444 g/mol. The minimum Gasteiger partial charge on any atom is -0.497 e. The summed E-state index contributed by atoms with van der Waals surface area (Å²) in [6, 6.07) is 17.3. The first-order valence-corrected chi connectivity index (χ1v) is 12.3. The standard InChI is InChI=1S/C27H34N4O4/c1-35-24-10-7-21(8-11-24)9-12-25(32)30-17-15-29(16-18-30)14-13-28-27(34)22-19-26(33)31(20-22)23-5-3-2-4-6-23/h2-8,10-11,22H,9,12-20H2,1H3,(H,28,34). The molecule has 0 saturated carbocycles. The van der Waals surface area contributed by atoms with Crippen LogP contribution in [-0.4, -0.2) is 80.4 Å². The molecule has 2 saturated heterocycles. The number of piperazine rings is 1. The SMILES string of the molecule is COc1ccc(CCC(=O)N2CCN(CCNC(=O)C3CC(=O)N(c4ccccc4)C3)CC2)cc1. The van der Waals surface area contributed by atoms with Gasteiger partial charge in [-0.3, -0.25) is 19.3 Å². The Kier molecular flexibility index (Phi) is 8.36. The molecule has 4 rings (SSSR count). The zero-order chi connectivity index (χ0) is 24.6. The third kappa shape index (κ3) is 6.60. The number of hydrogen-bond acceptors (Lipinski definition) is 5. The molecule has 2 heterocycles. The molecular formula is C27H34N4O4. The Hall–Kier alpha value is -3.39. The maximum Gasteiger partial charge on any atom is 0.227 e. The molecule has 3 amide bonds. The predicted molar refractivity (Wildman–Crippen MR) is 134 cm³/mol. The van der Waals surface area contributed by atoms with Crippen LogP contribution in [0.15, 0.2) is 54.6 Å². The molecule has 1 unspecified atom stereocenters. The molecule has 2 fully saturated rings. The molecule has 2 aliphatic heterocycles. The van der Waals surface area contributed by atoms with Crippen LogP contribution in [0.25, 0.3) is 0 Å². The van der Waals surface area contributed by atoms with Gasteiger partial charge in [-0.15, -0.1) is 0 Å². The van der Waals surface area contributed by atoms with E-state index in [0.29, 0.717) is 32.6 Å². The average molecular weight is 479 g/mol. The van der Waals surface area contributed by atoms with E-state index in [9.17, 15) is 14.4 Å². The molecule has 186 valence electrons. The minimum absolute atomic E-state index is 0.0101. The summed E-state index contributed by atoms with van der Waals surface area (Å²) < 4.78 is 5.17. The summed E-state index contributed by atoms with van der Waals surface area (Å²) in [5.41, 5.74) is 1.97. The van der Waals surface area contributed by atoms with Gasteiger partial charge in [-0.2, -0.15) is 0 Å². The lowest BCUT2D eigenvalue weighted by atomic mass is 10.1. The monoisotopic (exact) mass is 478 g/mol. The number of rotatable bonds is 9. The van der Waals surface area contributed by atoms with Crippen LogP contribution >= 0.6 is 0 Å². The highest BCUT2D eigenvalue weighted by Crippen LogP contribution is 2.24. The second-order valence-corrected chi connectivity index (χ2v) is 9.10. The largest absolute Gasteiger partial charge is 0.497 e. The van der Waals surface area contributed by atoms with Crippen LogP contribution in [0.3, 0.4) is 0 Å². The van der Waals surface area contributed by atoms with Crippen molar-refractivity contribution in [2.75, 3.05) is 57.8 Å². The summed E-state index contributed by atoms with van der Waals surface area (Å²) >= 11 is 0. The topological polar surface area (TPSA) is 82.2 Å². The molecule has 0 radical (unpaired) electrons. The molecule has 2 aromatic rings. The van der Waals surface area contributed by atoms with Crippen LogP contribution in [-0.2, 0) is 20.8 Å². The van der Waals surface area contributed by atoms with E-state index in [1.165, 1.54) is 0 Å². The Morgan fingerprint density at radius 2 is 1.71 bits per heavy atom. The fourth-order valence-electron chi connectivity index (χ4n) is 4.64. The molecule has 8 nitrogen and oxygen atoms in total. The number of nitrogens with zero attached hydrogens (tertiary/aromatic N) is 3. The Balaban J connectivity index is 1.12. The van der Waals surface area contributed by atoms with Gasteiger partial charge in [0.2, 0.25) is 17.7 Å². The number of amides is 3. The lowest BCUT2D eigenvalue weighted by Crippen LogP contribution is -2.50. The van der Waals surface area contributed by atoms with Crippen LogP contribution in [0, 0.1) is 5.92 Å². The smallest absolute Gasteiger partial charge is 0.227 e. The van der Waals surface area contributed by atoms with Crippen molar-refractivity contribution in [3.8, 4) is 5.75 Å². The lowest BCUT2D eigenvalue weighted by Gasteiger charge is -2.34. The van der Waals surface area contributed by atoms with Crippen molar-refractivity contribution < 1.29 is 19.1 Å². The Bertz CT molecular complexity index is 1000. The first kappa shape index (κ1) is 24.7. The molecule has 0 aliphatic carbocycles. The first-order chi connectivity index (χ1) is 17.0. The number of nitrogens with one attached hydrogen (secondary N) is 1. The second kappa shape index (κ2) is 11.8. The van der Waals surface area contributed by atoms with Crippen molar-refractivity contribution in [3.05, 3.63) is 60.2 Å². The van der Waals surface area contributed by atoms with Crippen molar-refractivity contribution in [2.45, 2.75) is 19.3 Å². The Morgan fingerprint density at radius 1 is 1.00 bits per heavy atom. The van der Waals surface area contributed by atoms with Crippen molar-refractivity contribution >= 4 is 23.4 Å². The number of anilines is 1. The van der Waals surface area contributed by atoms with Crippen molar-refractivity contribution in [1.82, 2.24) is 15.1 Å². The lowest BCUT2D eigenvalue weighted by molar-refractivity contribution is -0.132. The van der Waals surface area contributed by atoms with Crippen LogP contribution in [0.4, 0.5) is 5.69 Å². The average Bonchev–Trinajstić information content (AvgIpc) is 3.30. The van der Waals surface area contributed by atoms with Gasteiger partial charge in [0.15, 0.2) is 0 Å². The highest BCUT2D eigenvalue weighted by atomic mass is 16.5. The van der Waals surface area contributed by atoms with E-state index >= 15 is 0 Å². The van der Waals surface area contributed by atoms with Crippen LogP contribution < -0.4 is 15.0 Å². The highest BCUT2D eigenvalue weighted by Gasteiger charge is 2.35. The van der Waals surface area contributed by atoms with Crippen molar-refractivity contribution in [1.29, 1.82) is 0 Å². The summed E-state index contributed by atoms with van der Waals surface area (Å²) in [7, 11) is 1.64. The van der Waals surface area contributed by atoms with Crippen LogP contribution in [0.5, 0.6) is 5.75 Å². The van der Waals surface area contributed by atoms with Gasteiger partial charge >= 0.3 is 0 Å². The predicted octanol–water partition coefficient (Wildman–Crippen LogP) is 1.94. The number of aryl methyl sites for hydroxylation is 1. The molecule has 8 heteroatoms. The first-order valence-electron chi connectivity index (χ1n) is 12.3. The third-order valence-electron chi connectivity index (χ3n) is 6.80. The Labute approximate surface area is 206 Å². The van der Waals surface area contributed by atoms with Gasteiger partial charge in [0.25, 0.3) is 0 Å². The zero-order valence-corrected chi connectivity index (χ0v) is 20.3. The van der Waals surface area contributed by atoms with E-state index in [2.05, 4.69) is 10.2 Å². The summed E-state index contributed by atoms with van der Waals surface area (Å²) in [5.74, 6) is 0.608. The molecule has 1 atom stereocenters. The van der Waals surface area contributed by atoms with E-state index in [4.69, 9.17) is 4.74 Å². The maximum absolute atomic E-state index is 12.6. The molecule has 35 heavy (non-hydrogen) atoms. The minimum atomic E-state index is -0.317. The van der Waals surface area contributed by atoms with E-state index in [-0.39, 0.29) is 30.1 Å². The molecule has 1 N–H and O–H groups in total. The van der Waals surface area contributed by atoms with Crippen LogP contribution in [0.2, 0.25) is 0 Å². The van der Waals surface area contributed by atoms with Crippen molar-refractivity contribution in [2.24, 2.45) is 5.92 Å². The van der Waals surface area contributed by atoms with Gasteiger partial charge in [0, 0.05) is 64.3 Å². The van der Waals surface area contributed by atoms with E-state index in [0.717, 1.165) is 43.1 Å². The zero-order valence-electron chi connectivity index (χ0n) is 20.3. The van der Waals surface area contributed by atoms with Crippen LogP contribution in [0.1, 0.15) is 18.4 Å². The fourth-order valence-corrected chi connectivity index (χ4v) is 4.64. The third-order valence-corrected chi connectivity index (χ3v) is 6.80. The Morgan fingerprint density at radius 3 is 2.40 bits per heavy atom. The number of carbonyl (C=O) groups excluding carboxylic acids is 3. The molecule has 2 aliphatic rings. The maximum atomic E-state index is 12.6. The second-order valence-electron chi connectivity index (χ2n) is 9.10. The number of ether oxygens (including phenoxy) is 1. The van der Waals surface area contributed by atoms with E-state index in [1.54, 1.807) is 12.0 Å². The molecule has 0 spiro atoms. The summed E-state index contributed by atoms with van der Waals surface area (Å²) in [6.45, 7) is 4.72. The number of methoxy groups -OCH3 is 1. The highest BCUT2D eigenvalue weighted by molar-refractivity contribution is 6.00. The van der Waals surface area contributed by atoms with Gasteiger partial charge in [0.1, 0.15) is 5.75 Å².